The Bertz CT molecular complexity index is 1660. The van der Waals surface area contributed by atoms with Crippen LogP contribution in [0.5, 0.6) is 0 Å². The molecule has 5 nitrogen and oxygen atoms in total. The number of carbonyl (C=O) groups is 2. The zero-order valence-corrected chi connectivity index (χ0v) is 26.1. The summed E-state index contributed by atoms with van der Waals surface area (Å²) >= 11 is 0. The van der Waals surface area contributed by atoms with Crippen LogP contribution in [0.4, 0.5) is 5.69 Å². The molecule has 0 saturated carbocycles. The molecule has 218 valence electrons. The first-order valence-electron chi connectivity index (χ1n) is 14.3. The minimum absolute atomic E-state index is 0.267. The second kappa shape index (κ2) is 11.9. The number of amides is 1. The van der Waals surface area contributed by atoms with Gasteiger partial charge in [0, 0.05) is 16.7 Å². The SMILES string of the molecule is Cc1ccc(-c2c(C)c(-c3ccc(C)c(C)c3)c([C@H](OC(C)(C)C)C(=O)O)c(C)c2NC(=O)c2ccccc2)cc1C. The van der Waals surface area contributed by atoms with Crippen molar-refractivity contribution in [2.24, 2.45) is 0 Å². The minimum atomic E-state index is -1.26. The van der Waals surface area contributed by atoms with Gasteiger partial charge >= 0.3 is 5.97 Å². The highest BCUT2D eigenvalue weighted by Crippen LogP contribution is 2.47. The number of hydrogen-bond donors (Lipinski definition) is 2. The Labute approximate surface area is 249 Å². The number of hydrogen-bond acceptors (Lipinski definition) is 3. The van der Waals surface area contributed by atoms with Crippen molar-refractivity contribution in [3.05, 3.63) is 111 Å². The third-order valence-electron chi connectivity index (χ3n) is 7.87. The first-order valence-corrected chi connectivity index (χ1v) is 14.3. The quantitative estimate of drug-likeness (QED) is 0.235. The van der Waals surface area contributed by atoms with Gasteiger partial charge < -0.3 is 15.2 Å². The van der Waals surface area contributed by atoms with Crippen molar-refractivity contribution in [1.82, 2.24) is 0 Å². The number of rotatable bonds is 7. The third-order valence-corrected chi connectivity index (χ3v) is 7.87. The highest BCUT2D eigenvalue weighted by Gasteiger charge is 2.34. The minimum Gasteiger partial charge on any atom is -0.479 e. The Morgan fingerprint density at radius 2 is 1.24 bits per heavy atom. The molecule has 1 amide bonds. The molecule has 5 heteroatoms. The number of carboxylic acid groups (broad SMARTS) is 1. The molecule has 42 heavy (non-hydrogen) atoms. The lowest BCUT2D eigenvalue weighted by Gasteiger charge is -2.31. The molecule has 0 spiro atoms. The van der Waals surface area contributed by atoms with E-state index in [1.54, 1.807) is 12.1 Å². The molecule has 0 unspecified atom stereocenters. The largest absolute Gasteiger partial charge is 0.479 e. The molecular formula is C37H41NO4. The smallest absolute Gasteiger partial charge is 0.337 e. The van der Waals surface area contributed by atoms with E-state index in [0.29, 0.717) is 22.4 Å². The van der Waals surface area contributed by atoms with E-state index in [1.807, 2.05) is 58.9 Å². The lowest BCUT2D eigenvalue weighted by atomic mass is 9.81. The van der Waals surface area contributed by atoms with E-state index >= 15 is 0 Å². The van der Waals surface area contributed by atoms with Gasteiger partial charge in [-0.15, -0.1) is 0 Å². The van der Waals surface area contributed by atoms with Gasteiger partial charge in [-0.25, -0.2) is 4.79 Å². The molecule has 0 aromatic heterocycles. The summed E-state index contributed by atoms with van der Waals surface area (Å²) in [6.07, 6.45) is -1.26. The lowest BCUT2D eigenvalue weighted by molar-refractivity contribution is -0.160. The van der Waals surface area contributed by atoms with Gasteiger partial charge in [0.1, 0.15) is 0 Å². The molecule has 0 saturated heterocycles. The maximum atomic E-state index is 13.6. The van der Waals surface area contributed by atoms with Crippen LogP contribution in [0.15, 0.2) is 66.7 Å². The third kappa shape index (κ3) is 6.32. The van der Waals surface area contributed by atoms with E-state index in [0.717, 1.165) is 44.5 Å². The van der Waals surface area contributed by atoms with E-state index in [1.165, 1.54) is 5.56 Å². The van der Waals surface area contributed by atoms with Crippen LogP contribution < -0.4 is 5.32 Å². The van der Waals surface area contributed by atoms with Crippen LogP contribution in [0.2, 0.25) is 0 Å². The standard InChI is InChI=1S/C37H41NO4/c1-21-15-17-28(19-23(21)3)30-25(5)31(29-18-16-22(2)24(4)20-29)33(38-35(39)27-13-11-10-12-14-27)26(6)32(30)34(36(40)41)42-37(7,8)9/h10-20,34H,1-9H3,(H,38,39)(H,40,41)/t34-/m0/s1. The maximum absolute atomic E-state index is 13.6. The van der Waals surface area contributed by atoms with Crippen LogP contribution in [0.1, 0.15) is 76.2 Å². The van der Waals surface area contributed by atoms with Gasteiger partial charge in [-0.05, 0) is 125 Å². The average Bonchev–Trinajstić information content (AvgIpc) is 2.92. The Balaban J connectivity index is 2.15. The van der Waals surface area contributed by atoms with Crippen LogP contribution in [-0.4, -0.2) is 22.6 Å². The van der Waals surface area contributed by atoms with E-state index in [2.05, 4.69) is 63.3 Å². The van der Waals surface area contributed by atoms with Crippen LogP contribution in [0.3, 0.4) is 0 Å². The highest BCUT2D eigenvalue weighted by molar-refractivity contribution is 6.08. The summed E-state index contributed by atoms with van der Waals surface area (Å²) in [4.78, 5) is 26.5. The molecule has 0 bridgehead atoms. The molecule has 4 aromatic rings. The second-order valence-electron chi connectivity index (χ2n) is 12.2. The van der Waals surface area contributed by atoms with Crippen molar-refractivity contribution in [2.75, 3.05) is 5.32 Å². The summed E-state index contributed by atoms with van der Waals surface area (Å²) in [6.45, 7) is 17.7. The summed E-state index contributed by atoms with van der Waals surface area (Å²) in [6, 6.07) is 21.5. The molecule has 4 rings (SSSR count). The number of carboxylic acids is 1. The Morgan fingerprint density at radius 1 is 0.714 bits per heavy atom. The zero-order chi connectivity index (χ0) is 30.9. The van der Waals surface area contributed by atoms with Crippen molar-refractivity contribution in [2.45, 2.75) is 74.0 Å². The molecular weight excluding hydrogens is 522 g/mol. The Kier molecular flexibility index (Phi) is 8.74. The molecule has 1 atom stereocenters. The lowest BCUT2D eigenvalue weighted by Crippen LogP contribution is -2.29. The topological polar surface area (TPSA) is 75.6 Å². The first-order chi connectivity index (χ1) is 19.7. The van der Waals surface area contributed by atoms with Gasteiger partial charge in [0.25, 0.3) is 5.91 Å². The first kappa shape index (κ1) is 30.7. The molecule has 2 N–H and O–H groups in total. The predicted octanol–water partition coefficient (Wildman–Crippen LogP) is 9.06. The second-order valence-corrected chi connectivity index (χ2v) is 12.2. The average molecular weight is 564 g/mol. The van der Waals surface area contributed by atoms with E-state index in [4.69, 9.17) is 4.74 Å². The predicted molar refractivity (Wildman–Crippen MR) is 171 cm³/mol. The van der Waals surface area contributed by atoms with Gasteiger partial charge in [-0.2, -0.15) is 0 Å². The normalized spacial score (nSPS) is 12.2. The van der Waals surface area contributed by atoms with Crippen molar-refractivity contribution in [3.8, 4) is 22.3 Å². The Morgan fingerprint density at radius 3 is 1.71 bits per heavy atom. The summed E-state index contributed by atoms with van der Waals surface area (Å²) in [5.74, 6) is -1.35. The van der Waals surface area contributed by atoms with Gasteiger partial charge in [0.05, 0.1) is 11.3 Å². The van der Waals surface area contributed by atoms with Crippen molar-refractivity contribution < 1.29 is 19.4 Å². The zero-order valence-electron chi connectivity index (χ0n) is 26.1. The summed E-state index contributed by atoms with van der Waals surface area (Å²) < 4.78 is 6.25. The number of anilines is 1. The van der Waals surface area contributed by atoms with Gasteiger partial charge in [-0.1, -0.05) is 54.6 Å². The summed E-state index contributed by atoms with van der Waals surface area (Å²) in [7, 11) is 0. The van der Waals surface area contributed by atoms with Crippen LogP contribution >= 0.6 is 0 Å². The van der Waals surface area contributed by atoms with Gasteiger partial charge in [0.15, 0.2) is 6.10 Å². The molecule has 0 aliphatic carbocycles. The van der Waals surface area contributed by atoms with Crippen molar-refractivity contribution in [1.29, 1.82) is 0 Å². The van der Waals surface area contributed by atoms with Crippen LogP contribution in [-0.2, 0) is 9.53 Å². The summed E-state index contributed by atoms with van der Waals surface area (Å²) in [5.41, 5.74) is 10.5. The molecule has 0 fully saturated rings. The number of aliphatic carboxylic acids is 1. The fraction of sp³-hybridized carbons (Fsp3) is 0.297. The fourth-order valence-electron chi connectivity index (χ4n) is 5.40. The van der Waals surface area contributed by atoms with E-state index < -0.39 is 17.7 Å². The Hall–Kier alpha value is -4.22. The van der Waals surface area contributed by atoms with Crippen molar-refractivity contribution >= 4 is 17.6 Å². The number of ether oxygens (including phenoxy) is 1. The molecule has 4 aromatic carbocycles. The molecule has 0 heterocycles. The van der Waals surface area contributed by atoms with E-state index in [9.17, 15) is 14.7 Å². The number of carbonyl (C=O) groups excluding carboxylic acids is 1. The van der Waals surface area contributed by atoms with Gasteiger partial charge in [0.2, 0.25) is 0 Å². The van der Waals surface area contributed by atoms with Crippen LogP contribution in [0, 0.1) is 41.5 Å². The van der Waals surface area contributed by atoms with Gasteiger partial charge in [-0.3, -0.25) is 4.79 Å². The monoisotopic (exact) mass is 563 g/mol. The molecule has 0 aliphatic heterocycles. The maximum Gasteiger partial charge on any atom is 0.337 e. The highest BCUT2D eigenvalue weighted by atomic mass is 16.5. The molecule has 0 aliphatic rings. The molecule has 0 radical (unpaired) electrons. The van der Waals surface area contributed by atoms with E-state index in [-0.39, 0.29) is 5.91 Å². The van der Waals surface area contributed by atoms with Crippen LogP contribution in [0.25, 0.3) is 22.3 Å². The number of nitrogens with one attached hydrogen (secondary N) is 1. The number of aryl methyl sites for hydroxylation is 4. The number of benzene rings is 4. The fourth-order valence-corrected chi connectivity index (χ4v) is 5.40. The summed E-state index contributed by atoms with van der Waals surface area (Å²) in [5, 5.41) is 13.7. The van der Waals surface area contributed by atoms with Crippen molar-refractivity contribution in [3.63, 3.8) is 0 Å².